The summed E-state index contributed by atoms with van der Waals surface area (Å²) in [6, 6.07) is 23.1. The van der Waals surface area contributed by atoms with Gasteiger partial charge in [-0.3, -0.25) is 0 Å². The van der Waals surface area contributed by atoms with Crippen molar-refractivity contribution in [1.82, 2.24) is 10.2 Å². The second-order valence-corrected chi connectivity index (χ2v) is 9.57. The van der Waals surface area contributed by atoms with Crippen LogP contribution in [0.1, 0.15) is 28.2 Å². The molecule has 5 heteroatoms. The third-order valence-corrected chi connectivity index (χ3v) is 6.20. The van der Waals surface area contributed by atoms with E-state index in [9.17, 15) is 0 Å². The van der Waals surface area contributed by atoms with Crippen LogP contribution in [0, 0.1) is 0 Å². The van der Waals surface area contributed by atoms with E-state index in [0.717, 1.165) is 33.6 Å². The van der Waals surface area contributed by atoms with Crippen LogP contribution in [0.3, 0.4) is 0 Å². The molecule has 29 heavy (non-hydrogen) atoms. The molecule has 0 aliphatic carbocycles. The SMILES string of the molecule is CN1Cc2cc(Br)ccc2C(c2ccc(Cl)cc2)C1.CNCc1cccc(Br)c1. The lowest BCUT2D eigenvalue weighted by molar-refractivity contribution is 0.295. The average Bonchev–Trinajstić information content (AvgIpc) is 2.68. The van der Waals surface area contributed by atoms with Crippen molar-refractivity contribution in [2.75, 3.05) is 20.6 Å². The molecule has 0 spiro atoms. The molecule has 1 heterocycles. The van der Waals surface area contributed by atoms with E-state index in [-0.39, 0.29) is 0 Å². The van der Waals surface area contributed by atoms with Gasteiger partial charge >= 0.3 is 0 Å². The summed E-state index contributed by atoms with van der Waals surface area (Å²) in [5.74, 6) is 0.430. The van der Waals surface area contributed by atoms with Crippen LogP contribution >= 0.6 is 43.5 Å². The van der Waals surface area contributed by atoms with Crippen molar-refractivity contribution < 1.29 is 0 Å². The van der Waals surface area contributed by atoms with Gasteiger partial charge in [-0.05, 0) is 72.7 Å². The first-order valence-corrected chi connectivity index (χ1v) is 11.5. The number of hydrogen-bond acceptors (Lipinski definition) is 2. The Balaban J connectivity index is 0.000000204. The third kappa shape index (κ3) is 6.40. The van der Waals surface area contributed by atoms with Crippen molar-refractivity contribution in [2.45, 2.75) is 19.0 Å². The van der Waals surface area contributed by atoms with Crippen molar-refractivity contribution in [3.8, 4) is 0 Å². The summed E-state index contributed by atoms with van der Waals surface area (Å²) in [5.41, 5.74) is 5.48. The maximum atomic E-state index is 5.98. The zero-order valence-corrected chi connectivity index (χ0v) is 20.6. The summed E-state index contributed by atoms with van der Waals surface area (Å²) >= 11 is 12.9. The minimum Gasteiger partial charge on any atom is -0.316 e. The number of halogens is 3. The summed E-state index contributed by atoms with van der Waals surface area (Å²) < 4.78 is 2.29. The predicted molar refractivity (Wildman–Crippen MR) is 131 cm³/mol. The molecule has 0 saturated heterocycles. The molecule has 0 aromatic heterocycles. The fraction of sp³-hybridized carbons (Fsp3) is 0.250. The smallest absolute Gasteiger partial charge is 0.0406 e. The summed E-state index contributed by atoms with van der Waals surface area (Å²) in [6.07, 6.45) is 0. The molecule has 1 unspecified atom stereocenters. The van der Waals surface area contributed by atoms with Crippen molar-refractivity contribution in [3.05, 3.63) is 103 Å². The lowest BCUT2D eigenvalue weighted by Crippen LogP contribution is -2.30. The number of nitrogens with one attached hydrogen (secondary N) is 1. The number of rotatable bonds is 3. The zero-order chi connectivity index (χ0) is 20.8. The molecule has 0 radical (unpaired) electrons. The molecule has 3 aromatic rings. The van der Waals surface area contributed by atoms with E-state index in [1.165, 1.54) is 22.3 Å². The molecular formula is C24H25Br2ClN2. The Kier molecular flexibility index (Phi) is 8.34. The molecule has 4 rings (SSSR count). The van der Waals surface area contributed by atoms with Crippen LogP contribution in [-0.2, 0) is 13.1 Å². The van der Waals surface area contributed by atoms with Crippen LogP contribution in [0.5, 0.6) is 0 Å². The van der Waals surface area contributed by atoms with Crippen molar-refractivity contribution >= 4 is 43.5 Å². The van der Waals surface area contributed by atoms with Crippen LogP contribution in [0.2, 0.25) is 5.02 Å². The van der Waals surface area contributed by atoms with E-state index >= 15 is 0 Å². The monoisotopic (exact) mass is 534 g/mol. The molecule has 0 saturated carbocycles. The molecule has 0 bridgehead atoms. The highest BCUT2D eigenvalue weighted by Crippen LogP contribution is 2.34. The minimum atomic E-state index is 0.430. The lowest BCUT2D eigenvalue weighted by atomic mass is 9.85. The topological polar surface area (TPSA) is 15.3 Å². The summed E-state index contributed by atoms with van der Waals surface area (Å²) in [4.78, 5) is 2.37. The van der Waals surface area contributed by atoms with Crippen LogP contribution in [0.4, 0.5) is 0 Å². The summed E-state index contributed by atoms with van der Waals surface area (Å²) in [5, 5.41) is 3.89. The van der Waals surface area contributed by atoms with Gasteiger partial charge in [-0.15, -0.1) is 0 Å². The molecule has 1 aliphatic rings. The molecule has 1 aliphatic heterocycles. The minimum absolute atomic E-state index is 0.430. The average molecular weight is 537 g/mol. The van der Waals surface area contributed by atoms with Gasteiger partial charge in [0.1, 0.15) is 0 Å². The fourth-order valence-electron chi connectivity index (χ4n) is 3.65. The number of benzene rings is 3. The van der Waals surface area contributed by atoms with Crippen molar-refractivity contribution in [2.24, 2.45) is 0 Å². The number of nitrogens with zero attached hydrogens (tertiary/aromatic N) is 1. The van der Waals surface area contributed by atoms with Gasteiger partial charge in [0.15, 0.2) is 0 Å². The Morgan fingerprint density at radius 3 is 2.41 bits per heavy atom. The van der Waals surface area contributed by atoms with Crippen LogP contribution in [0.15, 0.2) is 75.7 Å². The summed E-state index contributed by atoms with van der Waals surface area (Å²) in [7, 11) is 4.12. The van der Waals surface area contributed by atoms with Crippen molar-refractivity contribution in [1.29, 1.82) is 0 Å². The molecule has 0 fully saturated rings. The Labute approximate surface area is 195 Å². The normalized spacial score (nSPS) is 16.0. The highest BCUT2D eigenvalue weighted by Gasteiger charge is 2.24. The van der Waals surface area contributed by atoms with E-state index in [1.807, 2.05) is 31.3 Å². The molecular weight excluding hydrogens is 512 g/mol. The molecule has 0 amide bonds. The molecule has 152 valence electrons. The third-order valence-electron chi connectivity index (χ3n) is 4.96. The fourth-order valence-corrected chi connectivity index (χ4v) is 4.63. The first kappa shape index (κ1) is 22.5. The van der Waals surface area contributed by atoms with Gasteiger partial charge in [0.05, 0.1) is 0 Å². The van der Waals surface area contributed by atoms with Gasteiger partial charge in [-0.1, -0.05) is 73.8 Å². The van der Waals surface area contributed by atoms with Gasteiger partial charge in [0.2, 0.25) is 0 Å². The van der Waals surface area contributed by atoms with E-state index < -0.39 is 0 Å². The Morgan fingerprint density at radius 1 is 1.00 bits per heavy atom. The predicted octanol–water partition coefficient (Wildman–Crippen LogP) is 6.85. The van der Waals surface area contributed by atoms with Crippen LogP contribution < -0.4 is 5.32 Å². The first-order chi connectivity index (χ1) is 14.0. The van der Waals surface area contributed by atoms with E-state index in [4.69, 9.17) is 11.6 Å². The van der Waals surface area contributed by atoms with Gasteiger partial charge in [-0.2, -0.15) is 0 Å². The largest absolute Gasteiger partial charge is 0.316 e. The maximum Gasteiger partial charge on any atom is 0.0406 e. The Hall–Kier alpha value is -1.17. The van der Waals surface area contributed by atoms with E-state index in [1.54, 1.807) is 0 Å². The second kappa shape index (κ2) is 10.7. The van der Waals surface area contributed by atoms with Crippen LogP contribution in [-0.4, -0.2) is 25.5 Å². The lowest BCUT2D eigenvalue weighted by Gasteiger charge is -2.32. The number of fused-ring (bicyclic) bond motifs is 1. The number of hydrogen-bond donors (Lipinski definition) is 1. The van der Waals surface area contributed by atoms with Gasteiger partial charge in [0.25, 0.3) is 0 Å². The maximum absolute atomic E-state index is 5.98. The first-order valence-electron chi connectivity index (χ1n) is 9.57. The standard InChI is InChI=1S/C16H15BrClN.C8H10BrN/c1-19-9-12-8-13(17)4-7-15(12)16(10-19)11-2-5-14(18)6-3-11;1-10-6-7-3-2-4-8(9)5-7/h2-8,16H,9-10H2,1H3;2-5,10H,6H2,1H3. The van der Waals surface area contributed by atoms with Crippen molar-refractivity contribution in [3.63, 3.8) is 0 Å². The Bertz CT molecular complexity index is 944. The van der Waals surface area contributed by atoms with Gasteiger partial charge < -0.3 is 10.2 Å². The Morgan fingerprint density at radius 2 is 1.72 bits per heavy atom. The van der Waals surface area contributed by atoms with E-state index in [0.29, 0.717) is 5.92 Å². The van der Waals surface area contributed by atoms with Crippen LogP contribution in [0.25, 0.3) is 0 Å². The van der Waals surface area contributed by atoms with E-state index in [2.05, 4.69) is 91.6 Å². The summed E-state index contributed by atoms with van der Waals surface area (Å²) in [6.45, 7) is 2.99. The van der Waals surface area contributed by atoms with Gasteiger partial charge in [0, 0.05) is 39.5 Å². The molecule has 3 aromatic carbocycles. The van der Waals surface area contributed by atoms with Gasteiger partial charge in [-0.25, -0.2) is 0 Å². The molecule has 1 atom stereocenters. The highest BCUT2D eigenvalue weighted by atomic mass is 79.9. The molecule has 1 N–H and O–H groups in total. The second-order valence-electron chi connectivity index (χ2n) is 7.30. The number of likely N-dealkylation sites (N-methyl/N-ethyl adjacent to an activating group) is 1. The quantitative estimate of drug-likeness (QED) is 0.394. The highest BCUT2D eigenvalue weighted by molar-refractivity contribution is 9.10. The molecule has 2 nitrogen and oxygen atoms in total. The zero-order valence-electron chi connectivity index (χ0n) is 16.6.